The fourth-order valence-corrected chi connectivity index (χ4v) is 1.37. The van der Waals surface area contributed by atoms with Crippen molar-refractivity contribution >= 4 is 5.97 Å². The summed E-state index contributed by atoms with van der Waals surface area (Å²) in [6.45, 7) is 0. The third-order valence-electron chi connectivity index (χ3n) is 2.02. The van der Waals surface area contributed by atoms with Crippen molar-refractivity contribution in [2.45, 2.75) is 31.3 Å². The molecule has 0 bridgehead atoms. The van der Waals surface area contributed by atoms with Gasteiger partial charge in [-0.2, -0.15) is 0 Å². The molecular formula is C7H10F2O3. The van der Waals surface area contributed by atoms with E-state index in [4.69, 9.17) is 10.2 Å². The van der Waals surface area contributed by atoms with E-state index in [0.29, 0.717) is 0 Å². The number of rotatable bonds is 3. The molecule has 0 amide bonds. The van der Waals surface area contributed by atoms with Crippen molar-refractivity contribution in [1.82, 2.24) is 0 Å². The molecule has 1 atom stereocenters. The number of carboxylic acids is 1. The third kappa shape index (κ3) is 2.14. The standard InChI is InChI=1S/C7H10F2O3/c8-7(9)2-4(3-7)1-5(10)6(11)12/h4-5,10H,1-3H2,(H,11,12). The van der Waals surface area contributed by atoms with Gasteiger partial charge in [0.25, 0.3) is 0 Å². The highest BCUT2D eigenvalue weighted by Crippen LogP contribution is 2.44. The molecule has 1 aliphatic carbocycles. The van der Waals surface area contributed by atoms with Crippen LogP contribution in [0.4, 0.5) is 8.78 Å². The van der Waals surface area contributed by atoms with Gasteiger partial charge in [-0.15, -0.1) is 0 Å². The smallest absolute Gasteiger partial charge is 0.332 e. The van der Waals surface area contributed by atoms with E-state index in [1.165, 1.54) is 0 Å². The molecule has 1 saturated carbocycles. The lowest BCUT2D eigenvalue weighted by Crippen LogP contribution is -2.38. The Morgan fingerprint density at radius 3 is 2.42 bits per heavy atom. The van der Waals surface area contributed by atoms with E-state index in [-0.39, 0.29) is 25.2 Å². The second kappa shape index (κ2) is 2.97. The van der Waals surface area contributed by atoms with E-state index in [9.17, 15) is 13.6 Å². The maximum absolute atomic E-state index is 12.2. The Hall–Kier alpha value is -0.710. The van der Waals surface area contributed by atoms with Crippen molar-refractivity contribution in [3.05, 3.63) is 0 Å². The predicted octanol–water partition coefficient (Wildman–Crippen LogP) is 0.867. The summed E-state index contributed by atoms with van der Waals surface area (Å²) in [5.74, 6) is -4.32. The summed E-state index contributed by atoms with van der Waals surface area (Å²) in [6.07, 6.45) is -2.15. The lowest BCUT2D eigenvalue weighted by Gasteiger charge is -2.35. The van der Waals surface area contributed by atoms with Crippen LogP contribution >= 0.6 is 0 Å². The van der Waals surface area contributed by atoms with E-state index in [0.717, 1.165) is 0 Å². The van der Waals surface area contributed by atoms with Crippen LogP contribution in [0.15, 0.2) is 0 Å². The largest absolute Gasteiger partial charge is 0.479 e. The molecule has 5 heteroatoms. The first-order valence-electron chi connectivity index (χ1n) is 3.69. The van der Waals surface area contributed by atoms with Crippen LogP contribution < -0.4 is 0 Å². The minimum Gasteiger partial charge on any atom is -0.479 e. The zero-order valence-electron chi connectivity index (χ0n) is 6.33. The maximum Gasteiger partial charge on any atom is 0.332 e. The second-order valence-electron chi connectivity index (χ2n) is 3.22. The maximum atomic E-state index is 12.2. The first-order chi connectivity index (χ1) is 5.41. The van der Waals surface area contributed by atoms with Crippen LogP contribution in [0.1, 0.15) is 19.3 Å². The van der Waals surface area contributed by atoms with E-state index < -0.39 is 18.0 Å². The van der Waals surface area contributed by atoms with Crippen molar-refractivity contribution in [1.29, 1.82) is 0 Å². The van der Waals surface area contributed by atoms with Gasteiger partial charge >= 0.3 is 5.97 Å². The van der Waals surface area contributed by atoms with Crippen LogP contribution in [0.2, 0.25) is 0 Å². The Morgan fingerprint density at radius 1 is 1.58 bits per heavy atom. The first-order valence-corrected chi connectivity index (χ1v) is 3.69. The summed E-state index contributed by atoms with van der Waals surface area (Å²) in [5, 5.41) is 17.0. The summed E-state index contributed by atoms with van der Waals surface area (Å²) in [7, 11) is 0. The van der Waals surface area contributed by atoms with Gasteiger partial charge in [0.1, 0.15) is 0 Å². The van der Waals surface area contributed by atoms with Crippen LogP contribution in [0.5, 0.6) is 0 Å². The molecule has 1 rings (SSSR count). The summed E-state index contributed by atoms with van der Waals surface area (Å²) in [5.41, 5.74) is 0. The topological polar surface area (TPSA) is 57.5 Å². The Kier molecular flexibility index (Phi) is 2.32. The fourth-order valence-electron chi connectivity index (χ4n) is 1.37. The third-order valence-corrected chi connectivity index (χ3v) is 2.02. The van der Waals surface area contributed by atoms with Crippen LogP contribution in [-0.4, -0.2) is 28.2 Å². The number of alkyl halides is 2. The lowest BCUT2D eigenvalue weighted by atomic mass is 9.78. The van der Waals surface area contributed by atoms with E-state index in [2.05, 4.69) is 0 Å². The molecule has 0 spiro atoms. The van der Waals surface area contributed by atoms with Crippen LogP contribution in [0, 0.1) is 5.92 Å². The molecule has 0 radical (unpaired) electrons. The Balaban J connectivity index is 2.23. The average Bonchev–Trinajstić information content (AvgIpc) is 1.83. The zero-order chi connectivity index (χ0) is 9.35. The summed E-state index contributed by atoms with van der Waals surface area (Å²) in [6, 6.07) is 0. The second-order valence-corrected chi connectivity index (χ2v) is 3.22. The van der Waals surface area contributed by atoms with Gasteiger partial charge in [-0.3, -0.25) is 0 Å². The highest BCUT2D eigenvalue weighted by Gasteiger charge is 2.46. The molecule has 0 aliphatic heterocycles. The first kappa shape index (κ1) is 9.38. The minimum atomic E-state index is -2.64. The summed E-state index contributed by atoms with van der Waals surface area (Å²) >= 11 is 0. The Morgan fingerprint density at radius 2 is 2.08 bits per heavy atom. The highest BCUT2D eigenvalue weighted by atomic mass is 19.3. The Labute approximate surface area is 68.0 Å². The van der Waals surface area contributed by atoms with Gasteiger partial charge in [-0.25, -0.2) is 13.6 Å². The van der Waals surface area contributed by atoms with Crippen molar-refractivity contribution in [2.75, 3.05) is 0 Å². The van der Waals surface area contributed by atoms with Gasteiger partial charge in [-0.1, -0.05) is 0 Å². The molecule has 2 N–H and O–H groups in total. The quantitative estimate of drug-likeness (QED) is 0.677. The average molecular weight is 180 g/mol. The number of carboxylic acid groups (broad SMARTS) is 1. The highest BCUT2D eigenvalue weighted by molar-refractivity contribution is 5.71. The van der Waals surface area contributed by atoms with Gasteiger partial charge in [-0.05, 0) is 12.3 Å². The van der Waals surface area contributed by atoms with Crippen molar-refractivity contribution in [2.24, 2.45) is 5.92 Å². The molecule has 3 nitrogen and oxygen atoms in total. The molecular weight excluding hydrogens is 170 g/mol. The molecule has 1 fully saturated rings. The van der Waals surface area contributed by atoms with Crippen LogP contribution in [0.25, 0.3) is 0 Å². The molecule has 12 heavy (non-hydrogen) atoms. The van der Waals surface area contributed by atoms with Gasteiger partial charge < -0.3 is 10.2 Å². The van der Waals surface area contributed by atoms with Gasteiger partial charge in [0, 0.05) is 12.8 Å². The van der Waals surface area contributed by atoms with Crippen molar-refractivity contribution in [3.8, 4) is 0 Å². The Bertz CT molecular complexity index is 185. The number of aliphatic carboxylic acids is 1. The normalized spacial score (nSPS) is 24.6. The number of aliphatic hydroxyl groups excluding tert-OH is 1. The summed E-state index contributed by atoms with van der Waals surface area (Å²) < 4.78 is 24.4. The molecule has 0 aromatic carbocycles. The van der Waals surface area contributed by atoms with Crippen molar-refractivity contribution in [3.63, 3.8) is 0 Å². The number of halogens is 2. The minimum absolute atomic E-state index is 0.0646. The van der Waals surface area contributed by atoms with Gasteiger partial charge in [0.05, 0.1) is 0 Å². The lowest BCUT2D eigenvalue weighted by molar-refractivity contribution is -0.153. The van der Waals surface area contributed by atoms with Crippen LogP contribution in [-0.2, 0) is 4.79 Å². The SMILES string of the molecule is O=C(O)C(O)CC1CC(F)(F)C1. The zero-order valence-corrected chi connectivity index (χ0v) is 6.33. The molecule has 0 saturated heterocycles. The molecule has 1 aliphatic rings. The predicted molar refractivity (Wildman–Crippen MR) is 35.9 cm³/mol. The van der Waals surface area contributed by atoms with Crippen molar-refractivity contribution < 1.29 is 23.8 Å². The fraction of sp³-hybridized carbons (Fsp3) is 0.857. The van der Waals surface area contributed by atoms with Crippen LogP contribution in [0.3, 0.4) is 0 Å². The number of aliphatic hydroxyl groups is 1. The summed E-state index contributed by atoms with van der Waals surface area (Å²) in [4.78, 5) is 10.1. The van der Waals surface area contributed by atoms with Gasteiger partial charge in [0.15, 0.2) is 6.10 Å². The number of hydrogen-bond acceptors (Lipinski definition) is 2. The number of carbonyl (C=O) groups is 1. The number of hydrogen-bond donors (Lipinski definition) is 2. The van der Waals surface area contributed by atoms with Gasteiger partial charge in [0.2, 0.25) is 5.92 Å². The molecule has 70 valence electrons. The van der Waals surface area contributed by atoms with E-state index in [1.54, 1.807) is 0 Å². The van der Waals surface area contributed by atoms with E-state index >= 15 is 0 Å². The van der Waals surface area contributed by atoms with E-state index in [1.807, 2.05) is 0 Å². The molecule has 0 aromatic heterocycles. The molecule has 1 unspecified atom stereocenters. The monoisotopic (exact) mass is 180 g/mol. The molecule has 0 heterocycles. The molecule has 0 aromatic rings.